The lowest BCUT2D eigenvalue weighted by atomic mass is 10.1. The van der Waals surface area contributed by atoms with E-state index in [1.165, 1.54) is 24.6 Å². The van der Waals surface area contributed by atoms with Crippen LogP contribution < -0.4 is 0 Å². The van der Waals surface area contributed by atoms with Gasteiger partial charge in [0.05, 0.1) is 27.4 Å². The van der Waals surface area contributed by atoms with Gasteiger partial charge in [0, 0.05) is 24.1 Å². The first-order chi connectivity index (χ1) is 12.6. The molecule has 0 spiro atoms. The Morgan fingerprint density at radius 3 is 2.48 bits per heavy atom. The maximum Gasteiger partial charge on any atom is 0.416 e. The molecular formula is C18H11Cl2F3N2O2. The number of rotatable bonds is 3. The molecule has 0 fully saturated rings. The van der Waals surface area contributed by atoms with E-state index in [-0.39, 0.29) is 32.5 Å². The van der Waals surface area contributed by atoms with Crippen molar-refractivity contribution in [2.24, 2.45) is 7.05 Å². The molecule has 3 aromatic rings. The SMILES string of the molecule is Cc1cc(C(F)(F)F)cc2c1cc(C(=O)c1c(Cl)ncc(C=O)c1Cl)n2C. The van der Waals surface area contributed by atoms with Crippen LogP contribution >= 0.6 is 23.2 Å². The molecule has 2 aromatic heterocycles. The maximum atomic E-state index is 13.1. The summed E-state index contributed by atoms with van der Waals surface area (Å²) < 4.78 is 40.6. The number of pyridine rings is 1. The van der Waals surface area contributed by atoms with Crippen molar-refractivity contribution in [3.63, 3.8) is 0 Å². The van der Waals surface area contributed by atoms with Gasteiger partial charge in [-0.2, -0.15) is 13.2 Å². The fourth-order valence-electron chi connectivity index (χ4n) is 2.88. The summed E-state index contributed by atoms with van der Waals surface area (Å²) in [4.78, 5) is 27.8. The fraction of sp³-hybridized carbons (Fsp3) is 0.167. The van der Waals surface area contributed by atoms with Crippen LogP contribution in [0.15, 0.2) is 24.4 Å². The number of carbonyl (C=O) groups is 2. The summed E-state index contributed by atoms with van der Waals surface area (Å²) in [7, 11) is 1.47. The largest absolute Gasteiger partial charge is 0.416 e. The number of nitrogens with zero attached hydrogens (tertiary/aromatic N) is 2. The van der Waals surface area contributed by atoms with Crippen LogP contribution in [0.3, 0.4) is 0 Å². The molecule has 0 saturated carbocycles. The van der Waals surface area contributed by atoms with Crippen molar-refractivity contribution in [2.45, 2.75) is 13.1 Å². The van der Waals surface area contributed by atoms with E-state index in [1.54, 1.807) is 0 Å². The first-order valence-corrected chi connectivity index (χ1v) is 8.33. The van der Waals surface area contributed by atoms with Crippen molar-refractivity contribution in [2.75, 3.05) is 0 Å². The normalized spacial score (nSPS) is 11.8. The molecule has 0 radical (unpaired) electrons. The standard InChI is InChI=1S/C18H11Cl2F3N2O2/c1-8-3-10(18(21,22)23)4-12-11(8)5-13(25(12)2)16(27)14-15(19)9(7-26)6-24-17(14)20/h3-7H,1-2H3. The van der Waals surface area contributed by atoms with E-state index in [2.05, 4.69) is 4.98 Å². The molecule has 0 aliphatic heterocycles. The Kier molecular flexibility index (Phi) is 4.78. The van der Waals surface area contributed by atoms with E-state index >= 15 is 0 Å². The molecule has 4 nitrogen and oxygen atoms in total. The van der Waals surface area contributed by atoms with Gasteiger partial charge in [-0.05, 0) is 30.7 Å². The molecule has 3 rings (SSSR count). The van der Waals surface area contributed by atoms with Gasteiger partial charge in [-0.15, -0.1) is 0 Å². The lowest BCUT2D eigenvalue weighted by Gasteiger charge is -2.10. The number of fused-ring (bicyclic) bond motifs is 1. The van der Waals surface area contributed by atoms with Crippen molar-refractivity contribution in [3.05, 3.63) is 62.5 Å². The number of ketones is 1. The third-order valence-electron chi connectivity index (χ3n) is 4.28. The van der Waals surface area contributed by atoms with E-state index < -0.39 is 17.5 Å². The monoisotopic (exact) mass is 414 g/mol. The summed E-state index contributed by atoms with van der Waals surface area (Å²) >= 11 is 12.1. The molecular weight excluding hydrogens is 404 g/mol. The Labute approximate surface area is 161 Å². The summed E-state index contributed by atoms with van der Waals surface area (Å²) in [5.74, 6) is -0.646. The van der Waals surface area contributed by atoms with Crippen LogP contribution in [0.1, 0.15) is 37.5 Å². The van der Waals surface area contributed by atoms with Crippen molar-refractivity contribution in [1.82, 2.24) is 9.55 Å². The van der Waals surface area contributed by atoms with Crippen molar-refractivity contribution in [3.8, 4) is 0 Å². The van der Waals surface area contributed by atoms with Gasteiger partial charge < -0.3 is 4.57 Å². The molecule has 1 aromatic carbocycles. The number of aldehydes is 1. The van der Waals surface area contributed by atoms with E-state index in [4.69, 9.17) is 23.2 Å². The average molecular weight is 415 g/mol. The van der Waals surface area contributed by atoms with Gasteiger partial charge in [-0.1, -0.05) is 23.2 Å². The molecule has 140 valence electrons. The number of aryl methyl sites for hydroxylation is 2. The van der Waals surface area contributed by atoms with Gasteiger partial charge in [0.15, 0.2) is 6.29 Å². The number of hydrogen-bond donors (Lipinski definition) is 0. The first kappa shape index (κ1) is 19.4. The van der Waals surface area contributed by atoms with Crippen molar-refractivity contribution in [1.29, 1.82) is 0 Å². The Hall–Kier alpha value is -2.38. The molecule has 0 aliphatic carbocycles. The number of benzene rings is 1. The Bertz CT molecular complexity index is 1100. The molecule has 27 heavy (non-hydrogen) atoms. The Morgan fingerprint density at radius 1 is 1.22 bits per heavy atom. The molecule has 0 unspecified atom stereocenters. The van der Waals surface area contributed by atoms with E-state index in [0.29, 0.717) is 17.2 Å². The second-order valence-corrected chi connectivity index (χ2v) is 6.69. The van der Waals surface area contributed by atoms with Gasteiger partial charge in [0.1, 0.15) is 5.15 Å². The molecule has 0 N–H and O–H groups in total. The van der Waals surface area contributed by atoms with Crippen molar-refractivity contribution >= 4 is 46.2 Å². The van der Waals surface area contributed by atoms with Crippen LogP contribution in [0.4, 0.5) is 13.2 Å². The maximum absolute atomic E-state index is 13.1. The highest BCUT2D eigenvalue weighted by molar-refractivity contribution is 6.41. The molecule has 0 saturated heterocycles. The smallest absolute Gasteiger partial charge is 0.341 e. The topological polar surface area (TPSA) is 52.0 Å². The quantitative estimate of drug-likeness (QED) is 0.334. The third kappa shape index (κ3) is 3.21. The zero-order valence-corrected chi connectivity index (χ0v) is 15.5. The van der Waals surface area contributed by atoms with Crippen LogP contribution in [-0.2, 0) is 13.2 Å². The van der Waals surface area contributed by atoms with Crippen LogP contribution in [0, 0.1) is 6.92 Å². The van der Waals surface area contributed by atoms with Crippen LogP contribution in [0.25, 0.3) is 10.9 Å². The van der Waals surface area contributed by atoms with E-state index in [9.17, 15) is 22.8 Å². The zero-order valence-electron chi connectivity index (χ0n) is 14.0. The number of aromatic nitrogens is 2. The average Bonchev–Trinajstić information content (AvgIpc) is 2.92. The third-order valence-corrected chi connectivity index (χ3v) is 4.97. The predicted molar refractivity (Wildman–Crippen MR) is 95.7 cm³/mol. The first-order valence-electron chi connectivity index (χ1n) is 7.57. The minimum atomic E-state index is -4.51. The molecule has 0 amide bonds. The molecule has 9 heteroatoms. The molecule has 0 aliphatic rings. The number of alkyl halides is 3. The summed E-state index contributed by atoms with van der Waals surface area (Å²) in [6.07, 6.45) is -2.94. The Balaban J connectivity index is 2.25. The summed E-state index contributed by atoms with van der Waals surface area (Å²) in [6.45, 7) is 1.53. The minimum absolute atomic E-state index is 0.0151. The van der Waals surface area contributed by atoms with Crippen LogP contribution in [0.5, 0.6) is 0 Å². The lowest BCUT2D eigenvalue weighted by Crippen LogP contribution is -2.10. The summed E-state index contributed by atoms with van der Waals surface area (Å²) in [6, 6.07) is 3.46. The summed E-state index contributed by atoms with van der Waals surface area (Å²) in [5.41, 5.74) is -0.334. The highest BCUT2D eigenvalue weighted by Gasteiger charge is 2.32. The fourth-order valence-corrected chi connectivity index (χ4v) is 3.42. The van der Waals surface area contributed by atoms with Gasteiger partial charge >= 0.3 is 6.18 Å². The lowest BCUT2D eigenvalue weighted by molar-refractivity contribution is -0.137. The highest BCUT2D eigenvalue weighted by atomic mass is 35.5. The minimum Gasteiger partial charge on any atom is -0.341 e. The van der Waals surface area contributed by atoms with Crippen LogP contribution in [0.2, 0.25) is 10.2 Å². The molecule has 0 atom stereocenters. The molecule has 2 heterocycles. The van der Waals surface area contributed by atoms with E-state index in [1.807, 2.05) is 0 Å². The molecule has 0 bridgehead atoms. The van der Waals surface area contributed by atoms with Crippen molar-refractivity contribution < 1.29 is 22.8 Å². The van der Waals surface area contributed by atoms with Gasteiger partial charge in [0.2, 0.25) is 5.78 Å². The van der Waals surface area contributed by atoms with Gasteiger partial charge in [-0.3, -0.25) is 9.59 Å². The number of halogens is 5. The summed E-state index contributed by atoms with van der Waals surface area (Å²) in [5, 5.41) is 0.127. The zero-order chi connectivity index (χ0) is 20.1. The van der Waals surface area contributed by atoms with Gasteiger partial charge in [-0.25, -0.2) is 4.98 Å². The number of hydrogen-bond acceptors (Lipinski definition) is 3. The second kappa shape index (κ2) is 6.65. The van der Waals surface area contributed by atoms with Crippen LogP contribution in [-0.4, -0.2) is 21.6 Å². The second-order valence-electron chi connectivity index (χ2n) is 5.95. The highest BCUT2D eigenvalue weighted by Crippen LogP contribution is 2.35. The Morgan fingerprint density at radius 2 is 1.89 bits per heavy atom. The van der Waals surface area contributed by atoms with Gasteiger partial charge in [0.25, 0.3) is 0 Å². The number of carbonyl (C=O) groups excluding carboxylic acids is 2. The predicted octanol–water partition coefficient (Wildman–Crippen LogP) is 5.25. The van der Waals surface area contributed by atoms with E-state index in [0.717, 1.165) is 18.3 Å².